The minimum absolute atomic E-state index is 0.713. The number of anilines is 6. The van der Waals surface area contributed by atoms with Crippen LogP contribution >= 0.6 is 0 Å². The van der Waals surface area contributed by atoms with E-state index < -0.39 is 0 Å². The number of ether oxygens (including phenoxy) is 4. The van der Waals surface area contributed by atoms with Crippen molar-refractivity contribution < 1.29 is 18.9 Å². The molecule has 11 aromatic carbocycles. The number of fused-ring (bicyclic) bond motifs is 8. The SMILES string of the molecule is c1ccc(-c2ccc3c(c2)Oc2cc(-c4cccc(-c5cc6c7c(c5)Oc5cc(-c8ccccc8)ccc5N7c5ccc(-c7ccccc7)cc5O6)c4)cc4c2N3c2ccc(-c3ccccc3)cc2O4)cc1. The van der Waals surface area contributed by atoms with Crippen molar-refractivity contribution in [2.45, 2.75) is 0 Å². The van der Waals surface area contributed by atoms with Crippen molar-refractivity contribution in [3.8, 4) is 113 Å². The molecular weight excluding hydrogens is 885 g/mol. The zero-order valence-electron chi connectivity index (χ0n) is 38.6. The summed E-state index contributed by atoms with van der Waals surface area (Å²) in [6.45, 7) is 0. The van der Waals surface area contributed by atoms with Gasteiger partial charge in [0.05, 0.1) is 22.7 Å². The summed E-state index contributed by atoms with van der Waals surface area (Å²) in [6.07, 6.45) is 0. The van der Waals surface area contributed by atoms with Gasteiger partial charge >= 0.3 is 0 Å². The van der Waals surface area contributed by atoms with E-state index in [1.807, 2.05) is 24.3 Å². The van der Waals surface area contributed by atoms with E-state index in [-0.39, 0.29) is 0 Å². The van der Waals surface area contributed by atoms with E-state index in [0.717, 1.165) is 124 Å². The molecule has 0 fully saturated rings. The molecule has 6 nitrogen and oxygen atoms in total. The van der Waals surface area contributed by atoms with E-state index in [0.29, 0.717) is 23.0 Å². The molecule has 338 valence electrons. The number of hydrogen-bond donors (Lipinski definition) is 0. The molecule has 0 bridgehead atoms. The van der Waals surface area contributed by atoms with Crippen molar-refractivity contribution in [1.82, 2.24) is 0 Å². The van der Waals surface area contributed by atoms with E-state index in [9.17, 15) is 0 Å². The largest absolute Gasteiger partial charge is 0.453 e. The second kappa shape index (κ2) is 15.9. The molecule has 6 heteroatoms. The van der Waals surface area contributed by atoms with Crippen molar-refractivity contribution >= 4 is 34.1 Å². The molecule has 0 aliphatic carbocycles. The van der Waals surface area contributed by atoms with Gasteiger partial charge in [0, 0.05) is 0 Å². The molecule has 0 radical (unpaired) electrons. The second-order valence-corrected chi connectivity index (χ2v) is 18.5. The van der Waals surface area contributed by atoms with E-state index in [2.05, 4.69) is 228 Å². The van der Waals surface area contributed by atoms with Crippen LogP contribution in [0.25, 0.3) is 66.8 Å². The lowest BCUT2D eigenvalue weighted by molar-refractivity contribution is 0.446. The molecule has 15 rings (SSSR count). The highest BCUT2D eigenvalue weighted by molar-refractivity contribution is 5.99. The molecule has 0 atom stereocenters. The van der Waals surface area contributed by atoms with Gasteiger partial charge in [-0.2, -0.15) is 0 Å². The highest BCUT2D eigenvalue weighted by Crippen LogP contribution is 2.63. The van der Waals surface area contributed by atoms with Crippen LogP contribution in [0.3, 0.4) is 0 Å². The topological polar surface area (TPSA) is 43.4 Å². The lowest BCUT2D eigenvalue weighted by Gasteiger charge is -2.38. The first-order chi connectivity index (χ1) is 35.6. The molecule has 0 amide bonds. The Balaban J connectivity index is 0.853. The molecule has 0 N–H and O–H groups in total. The summed E-state index contributed by atoms with van der Waals surface area (Å²) in [5.41, 5.74) is 18.3. The predicted molar refractivity (Wildman–Crippen MR) is 289 cm³/mol. The maximum Gasteiger partial charge on any atom is 0.156 e. The minimum Gasteiger partial charge on any atom is -0.453 e. The first-order valence-corrected chi connectivity index (χ1v) is 24.2. The van der Waals surface area contributed by atoms with Crippen molar-refractivity contribution in [3.63, 3.8) is 0 Å². The Labute approximate surface area is 416 Å². The fourth-order valence-electron chi connectivity index (χ4n) is 10.7. The summed E-state index contributed by atoms with van der Waals surface area (Å²) >= 11 is 0. The van der Waals surface area contributed by atoms with E-state index >= 15 is 0 Å². The third kappa shape index (κ3) is 6.50. The molecule has 72 heavy (non-hydrogen) atoms. The molecule has 4 heterocycles. The van der Waals surface area contributed by atoms with Gasteiger partial charge in [0.1, 0.15) is 11.4 Å². The molecule has 11 aromatic rings. The average molecular weight is 925 g/mol. The van der Waals surface area contributed by atoms with Crippen molar-refractivity contribution in [2.75, 3.05) is 9.80 Å². The van der Waals surface area contributed by atoms with Crippen LogP contribution in [0.2, 0.25) is 0 Å². The molecule has 4 aliphatic heterocycles. The third-order valence-electron chi connectivity index (χ3n) is 14.2. The summed E-state index contributed by atoms with van der Waals surface area (Å²) in [5, 5.41) is 0. The molecule has 0 saturated carbocycles. The van der Waals surface area contributed by atoms with Gasteiger partial charge in [0.15, 0.2) is 46.0 Å². The quantitative estimate of drug-likeness (QED) is 0.166. The second-order valence-electron chi connectivity index (χ2n) is 18.5. The lowest BCUT2D eigenvalue weighted by atomic mass is 9.95. The summed E-state index contributed by atoms with van der Waals surface area (Å²) in [6, 6.07) is 84.7. The smallest absolute Gasteiger partial charge is 0.156 e. The van der Waals surface area contributed by atoms with Crippen molar-refractivity contribution in [1.29, 1.82) is 0 Å². The van der Waals surface area contributed by atoms with Crippen molar-refractivity contribution in [3.05, 3.63) is 243 Å². The van der Waals surface area contributed by atoms with Crippen LogP contribution in [0.5, 0.6) is 46.0 Å². The Hall–Kier alpha value is -9.78. The van der Waals surface area contributed by atoms with E-state index in [4.69, 9.17) is 18.9 Å². The Kier molecular flexibility index (Phi) is 8.86. The Morgan fingerprint density at radius 1 is 0.181 bits per heavy atom. The van der Waals surface area contributed by atoms with Crippen LogP contribution in [-0.2, 0) is 0 Å². The first kappa shape index (κ1) is 40.1. The lowest BCUT2D eigenvalue weighted by Crippen LogP contribution is -2.20. The molecular formula is C66H40N2O4. The van der Waals surface area contributed by atoms with Crippen LogP contribution in [-0.4, -0.2) is 0 Å². The zero-order valence-corrected chi connectivity index (χ0v) is 38.6. The Morgan fingerprint density at radius 3 is 0.694 bits per heavy atom. The molecule has 0 aromatic heterocycles. The van der Waals surface area contributed by atoms with Gasteiger partial charge in [-0.25, -0.2) is 0 Å². The maximum absolute atomic E-state index is 6.95. The fraction of sp³-hybridized carbons (Fsp3) is 0. The van der Waals surface area contributed by atoms with Crippen LogP contribution in [0.15, 0.2) is 243 Å². The van der Waals surface area contributed by atoms with Gasteiger partial charge in [-0.05, 0) is 146 Å². The number of hydrogen-bond acceptors (Lipinski definition) is 6. The Bertz CT molecular complexity index is 3500. The highest BCUT2D eigenvalue weighted by Gasteiger charge is 2.38. The van der Waals surface area contributed by atoms with Crippen LogP contribution in [0.1, 0.15) is 0 Å². The van der Waals surface area contributed by atoms with Crippen molar-refractivity contribution in [2.24, 2.45) is 0 Å². The predicted octanol–water partition coefficient (Wildman–Crippen LogP) is 19.1. The summed E-state index contributed by atoms with van der Waals surface area (Å²) in [4.78, 5) is 4.58. The average Bonchev–Trinajstić information content (AvgIpc) is 3.45. The maximum atomic E-state index is 6.95. The third-order valence-corrected chi connectivity index (χ3v) is 14.2. The molecule has 0 spiro atoms. The van der Waals surface area contributed by atoms with Gasteiger partial charge < -0.3 is 18.9 Å². The molecule has 4 aliphatic rings. The number of nitrogens with zero attached hydrogens (tertiary/aromatic N) is 2. The standard InChI is InChI=1S/C66H40N2O4/c1-5-14-41(15-6-1)47-24-28-53-57(33-47)69-61-37-51(38-62-65(61)67(53)54-29-25-48(34-58(54)70-62)42-16-7-2-8-17-42)45-22-13-23-46(32-45)52-39-63-66-64(40-52)72-60-36-50(44-20-11-4-12-21-44)27-31-56(60)68(66)55-30-26-49(35-59(55)71-63)43-18-9-3-10-19-43/h1-40H. The van der Waals surface area contributed by atoms with Gasteiger partial charge in [-0.3, -0.25) is 9.80 Å². The van der Waals surface area contributed by atoms with Gasteiger partial charge in [-0.15, -0.1) is 0 Å². The monoisotopic (exact) mass is 924 g/mol. The van der Waals surface area contributed by atoms with Crippen LogP contribution in [0, 0.1) is 0 Å². The van der Waals surface area contributed by atoms with E-state index in [1.54, 1.807) is 0 Å². The fourth-order valence-corrected chi connectivity index (χ4v) is 10.7. The van der Waals surface area contributed by atoms with Gasteiger partial charge in [0.25, 0.3) is 0 Å². The number of benzene rings is 11. The zero-order chi connectivity index (χ0) is 47.3. The van der Waals surface area contributed by atoms with Gasteiger partial charge in [-0.1, -0.05) is 164 Å². The Morgan fingerprint density at radius 2 is 0.417 bits per heavy atom. The van der Waals surface area contributed by atoms with Crippen LogP contribution in [0.4, 0.5) is 34.1 Å². The van der Waals surface area contributed by atoms with E-state index in [1.165, 1.54) is 0 Å². The summed E-state index contributed by atoms with van der Waals surface area (Å²) in [7, 11) is 0. The van der Waals surface area contributed by atoms with Crippen LogP contribution < -0.4 is 28.7 Å². The molecule has 0 saturated heterocycles. The summed E-state index contributed by atoms with van der Waals surface area (Å²) < 4.78 is 27.8. The highest BCUT2D eigenvalue weighted by atomic mass is 16.5. The molecule has 0 unspecified atom stereocenters. The number of rotatable bonds is 6. The van der Waals surface area contributed by atoms with Gasteiger partial charge in [0.2, 0.25) is 0 Å². The minimum atomic E-state index is 0.713. The normalized spacial score (nSPS) is 12.8. The summed E-state index contributed by atoms with van der Waals surface area (Å²) in [5.74, 6) is 5.94. The first-order valence-electron chi connectivity index (χ1n) is 24.2.